The van der Waals surface area contributed by atoms with Crippen molar-refractivity contribution in [3.8, 4) is 0 Å². The number of thiazole rings is 1. The number of rotatable bonds is 4. The van der Waals surface area contributed by atoms with Gasteiger partial charge in [0.2, 0.25) is 0 Å². The van der Waals surface area contributed by atoms with Crippen LogP contribution in [0.2, 0.25) is 0 Å². The van der Waals surface area contributed by atoms with Crippen molar-refractivity contribution in [1.82, 2.24) is 4.98 Å². The lowest BCUT2D eigenvalue weighted by molar-refractivity contribution is 0.152. The molecule has 1 aliphatic rings. The van der Waals surface area contributed by atoms with E-state index in [9.17, 15) is 0 Å². The van der Waals surface area contributed by atoms with Crippen LogP contribution in [0.25, 0.3) is 0 Å². The first-order valence-electron chi connectivity index (χ1n) is 5.85. The molecule has 96 valence electrons. The molecule has 0 unspecified atom stereocenters. The summed E-state index contributed by atoms with van der Waals surface area (Å²) in [4.78, 5) is 8.01. The highest BCUT2D eigenvalue weighted by Crippen LogP contribution is 2.27. The smallest absolute Gasteiger partial charge is 0.185 e. The summed E-state index contributed by atoms with van der Waals surface area (Å²) in [6, 6.07) is 0. The Balaban J connectivity index is 2.13. The molecule has 1 saturated heterocycles. The lowest BCUT2D eigenvalue weighted by Gasteiger charge is -2.17. The standard InChI is InChI=1S/C11H19N3O2S/c1-15-8-9-10(7-12)17-11(13-9)14-3-2-5-16-6-4-14/h2-8,12H2,1H3. The number of aromatic nitrogens is 1. The predicted octanol–water partition coefficient (Wildman–Crippen LogP) is 0.975. The Morgan fingerprint density at radius 3 is 3.12 bits per heavy atom. The molecule has 1 aromatic heterocycles. The van der Waals surface area contributed by atoms with E-state index in [4.69, 9.17) is 15.2 Å². The summed E-state index contributed by atoms with van der Waals surface area (Å²) in [5.41, 5.74) is 6.70. The van der Waals surface area contributed by atoms with E-state index in [0.717, 1.165) is 48.4 Å². The largest absolute Gasteiger partial charge is 0.380 e. The van der Waals surface area contributed by atoms with Crippen molar-refractivity contribution in [3.05, 3.63) is 10.6 Å². The summed E-state index contributed by atoms with van der Waals surface area (Å²) in [5.74, 6) is 0. The second-order valence-corrected chi connectivity index (χ2v) is 5.02. The number of methoxy groups -OCH3 is 1. The van der Waals surface area contributed by atoms with Gasteiger partial charge in [-0.1, -0.05) is 0 Å². The van der Waals surface area contributed by atoms with Gasteiger partial charge in [0, 0.05) is 38.2 Å². The minimum atomic E-state index is 0.528. The lowest BCUT2D eigenvalue weighted by atomic mass is 10.4. The van der Waals surface area contributed by atoms with Gasteiger partial charge in [-0.15, -0.1) is 11.3 Å². The molecule has 0 bridgehead atoms. The zero-order valence-electron chi connectivity index (χ0n) is 10.1. The summed E-state index contributed by atoms with van der Waals surface area (Å²) in [6.07, 6.45) is 1.05. The normalized spacial score (nSPS) is 17.2. The number of hydrogen-bond donors (Lipinski definition) is 1. The second kappa shape index (κ2) is 6.30. The maximum atomic E-state index is 5.73. The van der Waals surface area contributed by atoms with Crippen molar-refractivity contribution >= 4 is 16.5 Å². The van der Waals surface area contributed by atoms with Crippen LogP contribution in [0, 0.1) is 0 Å². The fourth-order valence-electron chi connectivity index (χ4n) is 1.85. The first-order chi connectivity index (χ1) is 8.35. The van der Waals surface area contributed by atoms with Crippen LogP contribution < -0.4 is 10.6 Å². The average Bonchev–Trinajstić information content (AvgIpc) is 2.58. The number of ether oxygens (including phenoxy) is 2. The topological polar surface area (TPSA) is 60.6 Å². The van der Waals surface area contributed by atoms with E-state index in [0.29, 0.717) is 13.2 Å². The minimum absolute atomic E-state index is 0.528. The summed E-state index contributed by atoms with van der Waals surface area (Å²) in [7, 11) is 1.68. The summed E-state index contributed by atoms with van der Waals surface area (Å²) >= 11 is 1.67. The molecule has 0 spiro atoms. The van der Waals surface area contributed by atoms with Crippen molar-refractivity contribution in [3.63, 3.8) is 0 Å². The summed E-state index contributed by atoms with van der Waals surface area (Å²) < 4.78 is 10.6. The Bertz CT molecular complexity index is 348. The van der Waals surface area contributed by atoms with E-state index in [1.165, 1.54) is 0 Å². The quantitative estimate of drug-likeness (QED) is 0.871. The number of nitrogens with two attached hydrogens (primary N) is 1. The minimum Gasteiger partial charge on any atom is -0.380 e. The van der Waals surface area contributed by atoms with Crippen LogP contribution >= 0.6 is 11.3 Å². The van der Waals surface area contributed by atoms with Gasteiger partial charge in [0.15, 0.2) is 5.13 Å². The van der Waals surface area contributed by atoms with Gasteiger partial charge < -0.3 is 20.1 Å². The van der Waals surface area contributed by atoms with E-state index >= 15 is 0 Å². The van der Waals surface area contributed by atoms with Crippen LogP contribution in [0.1, 0.15) is 17.0 Å². The molecule has 1 aromatic rings. The molecule has 6 heteroatoms. The summed E-state index contributed by atoms with van der Waals surface area (Å²) in [6.45, 7) is 4.59. The first kappa shape index (κ1) is 12.8. The SMILES string of the molecule is COCc1nc(N2CCCOCC2)sc1CN. The first-order valence-corrected chi connectivity index (χ1v) is 6.67. The molecule has 0 amide bonds. The molecule has 2 N–H and O–H groups in total. The molecule has 1 fully saturated rings. The van der Waals surface area contributed by atoms with Crippen LogP contribution in [0.5, 0.6) is 0 Å². The number of anilines is 1. The highest BCUT2D eigenvalue weighted by molar-refractivity contribution is 7.15. The lowest BCUT2D eigenvalue weighted by Crippen LogP contribution is -2.25. The van der Waals surface area contributed by atoms with E-state index in [1.807, 2.05) is 0 Å². The highest BCUT2D eigenvalue weighted by Gasteiger charge is 2.16. The molecule has 2 rings (SSSR count). The Labute approximate surface area is 106 Å². The molecule has 1 aliphatic heterocycles. The van der Waals surface area contributed by atoms with Crippen molar-refractivity contribution in [2.75, 3.05) is 38.3 Å². The van der Waals surface area contributed by atoms with Crippen LogP contribution in [-0.2, 0) is 22.6 Å². The van der Waals surface area contributed by atoms with Crippen LogP contribution in [0.4, 0.5) is 5.13 Å². The van der Waals surface area contributed by atoms with E-state index in [2.05, 4.69) is 9.88 Å². The Morgan fingerprint density at radius 2 is 2.35 bits per heavy atom. The number of hydrogen-bond acceptors (Lipinski definition) is 6. The molecule has 17 heavy (non-hydrogen) atoms. The molecule has 0 aromatic carbocycles. The van der Waals surface area contributed by atoms with Gasteiger partial charge in [-0.05, 0) is 6.42 Å². The van der Waals surface area contributed by atoms with E-state index < -0.39 is 0 Å². The Hall–Kier alpha value is -0.690. The van der Waals surface area contributed by atoms with Gasteiger partial charge in [-0.25, -0.2) is 4.98 Å². The fraction of sp³-hybridized carbons (Fsp3) is 0.727. The van der Waals surface area contributed by atoms with Gasteiger partial charge in [0.25, 0.3) is 0 Å². The van der Waals surface area contributed by atoms with Gasteiger partial charge >= 0.3 is 0 Å². The number of nitrogens with zero attached hydrogens (tertiary/aromatic N) is 2. The molecule has 2 heterocycles. The van der Waals surface area contributed by atoms with Crippen molar-refractivity contribution < 1.29 is 9.47 Å². The third-order valence-corrected chi connectivity index (χ3v) is 3.91. The predicted molar refractivity (Wildman–Crippen MR) is 68.4 cm³/mol. The van der Waals surface area contributed by atoms with Crippen LogP contribution in [0.3, 0.4) is 0 Å². The maximum Gasteiger partial charge on any atom is 0.185 e. The molecular weight excluding hydrogens is 238 g/mol. The monoisotopic (exact) mass is 257 g/mol. The zero-order chi connectivity index (χ0) is 12.1. The van der Waals surface area contributed by atoms with Gasteiger partial charge in [0.1, 0.15) is 0 Å². The Morgan fingerprint density at radius 1 is 1.47 bits per heavy atom. The average molecular weight is 257 g/mol. The molecule has 5 nitrogen and oxygen atoms in total. The van der Waals surface area contributed by atoms with Crippen LogP contribution in [-0.4, -0.2) is 38.4 Å². The fourth-order valence-corrected chi connectivity index (χ4v) is 2.84. The highest BCUT2D eigenvalue weighted by atomic mass is 32.1. The molecule has 0 radical (unpaired) electrons. The summed E-state index contributed by atoms with van der Waals surface area (Å²) in [5, 5.41) is 1.04. The van der Waals surface area contributed by atoms with E-state index in [-0.39, 0.29) is 0 Å². The molecule has 0 saturated carbocycles. The second-order valence-electron chi connectivity index (χ2n) is 3.96. The third-order valence-electron chi connectivity index (χ3n) is 2.73. The van der Waals surface area contributed by atoms with Crippen molar-refractivity contribution in [1.29, 1.82) is 0 Å². The van der Waals surface area contributed by atoms with Gasteiger partial charge in [-0.2, -0.15) is 0 Å². The van der Waals surface area contributed by atoms with Crippen molar-refractivity contribution in [2.45, 2.75) is 19.6 Å². The van der Waals surface area contributed by atoms with Crippen molar-refractivity contribution in [2.24, 2.45) is 5.73 Å². The van der Waals surface area contributed by atoms with Gasteiger partial charge in [-0.3, -0.25) is 0 Å². The van der Waals surface area contributed by atoms with Gasteiger partial charge in [0.05, 0.1) is 18.9 Å². The Kier molecular flexibility index (Phi) is 4.73. The van der Waals surface area contributed by atoms with E-state index in [1.54, 1.807) is 18.4 Å². The zero-order valence-corrected chi connectivity index (χ0v) is 11.0. The molecule has 0 aliphatic carbocycles. The van der Waals surface area contributed by atoms with Crippen LogP contribution in [0.15, 0.2) is 0 Å². The molecular formula is C11H19N3O2S. The maximum absolute atomic E-state index is 5.73. The third kappa shape index (κ3) is 3.16. The molecule has 0 atom stereocenters.